The Hall–Kier alpha value is -2.37. The van der Waals surface area contributed by atoms with Crippen LogP contribution in [-0.2, 0) is 0 Å². The minimum absolute atomic E-state index is 0.103. The van der Waals surface area contributed by atoms with Gasteiger partial charge in [-0.2, -0.15) is 0 Å². The molecule has 2 heterocycles. The fraction of sp³-hybridized carbons (Fsp3) is 0.300. The molecular weight excluding hydrogens is 348 g/mol. The Balaban J connectivity index is 1.76. The highest BCUT2D eigenvalue weighted by Crippen LogP contribution is 2.36. The van der Waals surface area contributed by atoms with Crippen molar-refractivity contribution in [3.05, 3.63) is 47.5 Å². The van der Waals surface area contributed by atoms with Gasteiger partial charge in [-0.25, -0.2) is 0 Å². The van der Waals surface area contributed by atoms with Gasteiger partial charge in [0.15, 0.2) is 5.82 Å². The van der Waals surface area contributed by atoms with E-state index in [0.29, 0.717) is 22.3 Å². The van der Waals surface area contributed by atoms with Gasteiger partial charge in [0.2, 0.25) is 0 Å². The molecule has 0 aliphatic carbocycles. The van der Waals surface area contributed by atoms with Crippen LogP contribution < -0.4 is 5.32 Å². The molecule has 1 aliphatic rings. The summed E-state index contributed by atoms with van der Waals surface area (Å²) >= 11 is 5.96. The highest BCUT2D eigenvalue weighted by Gasteiger charge is 2.20. The molecule has 1 atom stereocenters. The van der Waals surface area contributed by atoms with Gasteiger partial charge in [-0.1, -0.05) is 35.9 Å². The molecule has 2 aromatic carbocycles. The molecule has 1 aliphatic heterocycles. The summed E-state index contributed by atoms with van der Waals surface area (Å²) in [6.07, 6.45) is 2.30. The van der Waals surface area contributed by atoms with Crippen LogP contribution in [0.5, 0.6) is 5.75 Å². The topological polar surface area (TPSA) is 61.3 Å². The van der Waals surface area contributed by atoms with E-state index < -0.39 is 0 Å². The molecule has 0 radical (unpaired) electrons. The molecule has 2 N–H and O–H groups in total. The third-order valence-electron chi connectivity index (χ3n) is 4.87. The van der Waals surface area contributed by atoms with Crippen molar-refractivity contribution in [1.82, 2.24) is 15.1 Å². The van der Waals surface area contributed by atoms with Gasteiger partial charge in [0.25, 0.3) is 0 Å². The van der Waals surface area contributed by atoms with Gasteiger partial charge in [0, 0.05) is 33.9 Å². The molecule has 6 heteroatoms. The molecule has 1 saturated heterocycles. The fourth-order valence-corrected chi connectivity index (χ4v) is 3.76. The number of piperidine rings is 1. The van der Waals surface area contributed by atoms with Crippen molar-refractivity contribution in [3.8, 4) is 17.0 Å². The number of likely N-dealkylation sites (N-methyl/N-ethyl adjacent to an activating group) is 1. The summed E-state index contributed by atoms with van der Waals surface area (Å²) in [7, 11) is 2.14. The van der Waals surface area contributed by atoms with Crippen LogP contribution in [0.1, 0.15) is 12.8 Å². The molecule has 1 unspecified atom stereocenters. The van der Waals surface area contributed by atoms with Gasteiger partial charge in [-0.05, 0) is 44.6 Å². The van der Waals surface area contributed by atoms with E-state index in [0.717, 1.165) is 36.1 Å². The second-order valence-electron chi connectivity index (χ2n) is 6.85. The number of likely N-dealkylation sites (tertiary alicyclic amines) is 1. The largest absolute Gasteiger partial charge is 0.507 e. The van der Waals surface area contributed by atoms with E-state index in [1.54, 1.807) is 12.1 Å². The Kier molecular flexibility index (Phi) is 4.66. The maximum absolute atomic E-state index is 10.3. The van der Waals surface area contributed by atoms with Crippen LogP contribution in [0, 0.1) is 0 Å². The molecular formula is C20H21ClN4O. The lowest BCUT2D eigenvalue weighted by atomic mass is 10.0. The zero-order valence-electron chi connectivity index (χ0n) is 14.6. The third kappa shape index (κ3) is 3.32. The van der Waals surface area contributed by atoms with E-state index >= 15 is 0 Å². The predicted molar refractivity (Wildman–Crippen MR) is 106 cm³/mol. The van der Waals surface area contributed by atoms with Crippen molar-refractivity contribution in [2.24, 2.45) is 0 Å². The van der Waals surface area contributed by atoms with Crippen LogP contribution >= 0.6 is 11.6 Å². The maximum atomic E-state index is 10.3. The molecule has 3 aromatic rings. The van der Waals surface area contributed by atoms with Gasteiger partial charge >= 0.3 is 0 Å². The van der Waals surface area contributed by atoms with Crippen molar-refractivity contribution in [3.63, 3.8) is 0 Å². The second-order valence-corrected chi connectivity index (χ2v) is 7.29. The molecule has 134 valence electrons. The van der Waals surface area contributed by atoms with Gasteiger partial charge < -0.3 is 15.3 Å². The van der Waals surface area contributed by atoms with E-state index in [1.165, 1.54) is 12.5 Å². The first-order valence-electron chi connectivity index (χ1n) is 8.81. The number of aromatic nitrogens is 2. The number of nitrogens with zero attached hydrogens (tertiary/aromatic N) is 3. The van der Waals surface area contributed by atoms with Gasteiger partial charge in [-0.3, -0.25) is 0 Å². The minimum Gasteiger partial charge on any atom is -0.507 e. The third-order valence-corrected chi connectivity index (χ3v) is 5.10. The van der Waals surface area contributed by atoms with Crippen LogP contribution in [0.25, 0.3) is 22.0 Å². The number of halogens is 1. The number of rotatable bonds is 3. The summed E-state index contributed by atoms with van der Waals surface area (Å²) in [5.74, 6) is 0.893. The van der Waals surface area contributed by atoms with E-state index in [4.69, 9.17) is 11.6 Å². The number of aromatic hydroxyl groups is 1. The number of hydrogen-bond donors (Lipinski definition) is 2. The van der Waals surface area contributed by atoms with Crippen LogP contribution in [0.2, 0.25) is 5.02 Å². The summed E-state index contributed by atoms with van der Waals surface area (Å²) < 4.78 is 0. The Labute approximate surface area is 157 Å². The zero-order chi connectivity index (χ0) is 18.1. The number of phenolic OH excluding ortho intramolecular Hbond substituents is 1. The van der Waals surface area contributed by atoms with Crippen molar-refractivity contribution < 1.29 is 5.11 Å². The lowest BCUT2D eigenvalue weighted by molar-refractivity contribution is 0.261. The quantitative estimate of drug-likeness (QED) is 0.726. The van der Waals surface area contributed by atoms with E-state index in [9.17, 15) is 5.11 Å². The Bertz CT molecular complexity index is 946. The van der Waals surface area contributed by atoms with E-state index in [2.05, 4.69) is 27.5 Å². The predicted octanol–water partition coefficient (Wildman–Crippen LogP) is 4.16. The van der Waals surface area contributed by atoms with Crippen molar-refractivity contribution in [1.29, 1.82) is 0 Å². The number of anilines is 1. The molecule has 0 saturated carbocycles. The Morgan fingerprint density at radius 1 is 1.15 bits per heavy atom. The number of fused-ring (bicyclic) bond motifs is 1. The molecule has 26 heavy (non-hydrogen) atoms. The summed E-state index contributed by atoms with van der Waals surface area (Å²) in [6, 6.07) is 13.4. The fourth-order valence-electron chi connectivity index (χ4n) is 3.59. The first-order valence-corrected chi connectivity index (χ1v) is 9.19. The summed E-state index contributed by atoms with van der Waals surface area (Å²) in [6.45, 7) is 2.13. The minimum atomic E-state index is 0.103. The molecule has 1 fully saturated rings. The Morgan fingerprint density at radius 3 is 2.73 bits per heavy atom. The molecule has 4 rings (SSSR count). The lowest BCUT2D eigenvalue weighted by Crippen LogP contribution is -2.40. The maximum Gasteiger partial charge on any atom is 0.156 e. The molecule has 0 spiro atoms. The average molecular weight is 369 g/mol. The zero-order valence-corrected chi connectivity index (χ0v) is 15.4. The molecule has 0 bridgehead atoms. The number of nitrogens with one attached hydrogen (secondary N) is 1. The monoisotopic (exact) mass is 368 g/mol. The highest BCUT2D eigenvalue weighted by molar-refractivity contribution is 6.30. The Morgan fingerprint density at radius 2 is 1.96 bits per heavy atom. The number of hydrogen-bond acceptors (Lipinski definition) is 5. The van der Waals surface area contributed by atoms with E-state index in [1.807, 2.05) is 24.3 Å². The van der Waals surface area contributed by atoms with Crippen LogP contribution in [0.15, 0.2) is 42.5 Å². The smallest absolute Gasteiger partial charge is 0.156 e. The van der Waals surface area contributed by atoms with Gasteiger partial charge in [0.1, 0.15) is 11.4 Å². The van der Waals surface area contributed by atoms with Crippen LogP contribution in [0.4, 0.5) is 5.82 Å². The van der Waals surface area contributed by atoms with Gasteiger partial charge in [-0.15, -0.1) is 10.2 Å². The van der Waals surface area contributed by atoms with Gasteiger partial charge in [0.05, 0.1) is 0 Å². The summed E-state index contributed by atoms with van der Waals surface area (Å²) in [4.78, 5) is 2.33. The highest BCUT2D eigenvalue weighted by atomic mass is 35.5. The molecule has 0 amide bonds. The van der Waals surface area contributed by atoms with Crippen molar-refractivity contribution >= 4 is 28.2 Å². The molecule has 5 nitrogen and oxygen atoms in total. The normalized spacial score (nSPS) is 18.2. The summed E-state index contributed by atoms with van der Waals surface area (Å²) in [5, 5.41) is 25.2. The van der Waals surface area contributed by atoms with E-state index in [-0.39, 0.29) is 5.75 Å². The standard InChI is InChI=1S/C20H21ClN4O/c1-25-10-4-5-14(12-25)22-20-16-7-3-2-6-15(16)19(23-24-20)17-9-8-13(21)11-18(17)26/h2-3,6-9,11,14,26H,4-5,10,12H2,1H3,(H,22,24). The number of benzene rings is 2. The first-order chi connectivity index (χ1) is 12.6. The molecule has 1 aromatic heterocycles. The lowest BCUT2D eigenvalue weighted by Gasteiger charge is -2.30. The van der Waals surface area contributed by atoms with Crippen molar-refractivity contribution in [2.75, 3.05) is 25.5 Å². The SMILES string of the molecule is CN1CCCC(Nc2nnc(-c3ccc(Cl)cc3O)c3ccccc23)C1. The average Bonchev–Trinajstić information content (AvgIpc) is 2.63. The number of phenols is 1. The second kappa shape index (κ2) is 7.09. The van der Waals surface area contributed by atoms with Crippen LogP contribution in [0.3, 0.4) is 0 Å². The summed E-state index contributed by atoms with van der Waals surface area (Å²) in [5.41, 5.74) is 1.28. The van der Waals surface area contributed by atoms with Crippen molar-refractivity contribution in [2.45, 2.75) is 18.9 Å². The first kappa shape index (κ1) is 17.1. The van der Waals surface area contributed by atoms with Crippen LogP contribution in [-0.4, -0.2) is 46.4 Å².